The largest absolute Gasteiger partial charge is 0.399 e. The third-order valence-electron chi connectivity index (χ3n) is 3.65. The van der Waals surface area contributed by atoms with Crippen molar-refractivity contribution in [2.45, 2.75) is 19.9 Å². The Morgan fingerprint density at radius 2 is 1.95 bits per heavy atom. The van der Waals surface area contributed by atoms with E-state index >= 15 is 0 Å². The Hall–Kier alpha value is -2.36. The predicted octanol–water partition coefficient (Wildman–Crippen LogP) is 3.55. The van der Waals surface area contributed by atoms with E-state index in [0.29, 0.717) is 5.69 Å². The van der Waals surface area contributed by atoms with Gasteiger partial charge in [0, 0.05) is 12.7 Å². The fourth-order valence-electron chi connectivity index (χ4n) is 2.20. The lowest BCUT2D eigenvalue weighted by Crippen LogP contribution is -2.30. The van der Waals surface area contributed by atoms with Gasteiger partial charge in [0.2, 0.25) is 0 Å². The summed E-state index contributed by atoms with van der Waals surface area (Å²) in [7, 11) is 1.66. The number of aryl methyl sites for hydroxylation is 1. The van der Waals surface area contributed by atoms with E-state index in [0.717, 1.165) is 11.1 Å². The summed E-state index contributed by atoms with van der Waals surface area (Å²) in [6.45, 7) is 3.68. The first kappa shape index (κ1) is 15.0. The Labute approximate surface area is 124 Å². The minimum Gasteiger partial charge on any atom is -0.399 e. The number of halogens is 1. The summed E-state index contributed by atoms with van der Waals surface area (Å²) < 4.78 is 13.9. The molecule has 1 atom stereocenters. The van der Waals surface area contributed by atoms with E-state index in [1.165, 1.54) is 17.0 Å². The summed E-state index contributed by atoms with van der Waals surface area (Å²) in [6, 6.07) is 11.8. The van der Waals surface area contributed by atoms with Crippen LogP contribution in [0.2, 0.25) is 0 Å². The smallest absolute Gasteiger partial charge is 0.257 e. The molecule has 21 heavy (non-hydrogen) atoms. The van der Waals surface area contributed by atoms with Gasteiger partial charge in [-0.1, -0.05) is 18.2 Å². The summed E-state index contributed by atoms with van der Waals surface area (Å²) in [5.74, 6) is -0.839. The van der Waals surface area contributed by atoms with Gasteiger partial charge < -0.3 is 10.6 Å². The minimum absolute atomic E-state index is 0.0823. The molecule has 1 amide bonds. The highest BCUT2D eigenvalue weighted by Gasteiger charge is 2.21. The van der Waals surface area contributed by atoms with Crippen molar-refractivity contribution in [1.82, 2.24) is 4.90 Å². The van der Waals surface area contributed by atoms with Crippen molar-refractivity contribution < 1.29 is 9.18 Å². The first-order chi connectivity index (χ1) is 9.90. The molecule has 2 rings (SSSR count). The van der Waals surface area contributed by atoms with Crippen LogP contribution in [0.1, 0.15) is 34.5 Å². The van der Waals surface area contributed by atoms with Gasteiger partial charge in [0.1, 0.15) is 5.82 Å². The molecule has 0 aliphatic carbocycles. The maximum Gasteiger partial charge on any atom is 0.257 e. The maximum atomic E-state index is 13.9. The highest BCUT2D eigenvalue weighted by molar-refractivity contribution is 5.94. The molecular weight excluding hydrogens is 267 g/mol. The normalized spacial score (nSPS) is 12.0. The number of nitrogens with zero attached hydrogens (tertiary/aromatic N) is 1. The molecule has 4 heteroatoms. The van der Waals surface area contributed by atoms with Crippen molar-refractivity contribution in [3.8, 4) is 0 Å². The van der Waals surface area contributed by atoms with Crippen molar-refractivity contribution in [3.05, 3.63) is 65.0 Å². The summed E-state index contributed by atoms with van der Waals surface area (Å²) in [6.07, 6.45) is 0. The Kier molecular flexibility index (Phi) is 4.26. The molecule has 0 radical (unpaired) electrons. The Balaban J connectivity index is 2.26. The zero-order valence-corrected chi connectivity index (χ0v) is 12.4. The fourth-order valence-corrected chi connectivity index (χ4v) is 2.20. The molecule has 110 valence electrons. The van der Waals surface area contributed by atoms with E-state index in [9.17, 15) is 9.18 Å². The fraction of sp³-hybridized carbons (Fsp3) is 0.235. The van der Waals surface area contributed by atoms with E-state index in [1.54, 1.807) is 26.1 Å². The molecule has 0 aliphatic rings. The molecule has 3 nitrogen and oxygen atoms in total. The van der Waals surface area contributed by atoms with Crippen LogP contribution >= 0.6 is 0 Å². The maximum absolute atomic E-state index is 13.9. The summed E-state index contributed by atoms with van der Waals surface area (Å²) in [5, 5.41) is 0. The number of anilines is 1. The number of benzene rings is 2. The third kappa shape index (κ3) is 3.21. The average Bonchev–Trinajstić information content (AvgIpc) is 2.45. The minimum atomic E-state index is -0.494. The quantitative estimate of drug-likeness (QED) is 0.877. The number of carbonyl (C=O) groups excluding carboxylic acids is 1. The van der Waals surface area contributed by atoms with Gasteiger partial charge in [-0.3, -0.25) is 4.79 Å². The molecule has 0 bridgehead atoms. The molecule has 0 spiro atoms. The van der Waals surface area contributed by atoms with Crippen molar-refractivity contribution in [1.29, 1.82) is 0 Å². The number of carbonyl (C=O) groups is 1. The van der Waals surface area contributed by atoms with E-state index in [2.05, 4.69) is 0 Å². The molecule has 2 N–H and O–H groups in total. The lowest BCUT2D eigenvalue weighted by atomic mass is 10.0. The standard InChI is InChI=1S/C17H19FN2O/c1-11-7-8-15(16(18)9-11)17(21)20(3)12(2)13-5-4-6-14(19)10-13/h4-10,12H,19H2,1-3H3. The molecule has 0 aromatic heterocycles. The lowest BCUT2D eigenvalue weighted by Gasteiger charge is -2.26. The molecule has 2 aromatic rings. The van der Waals surface area contributed by atoms with Crippen molar-refractivity contribution in [3.63, 3.8) is 0 Å². The summed E-state index contributed by atoms with van der Waals surface area (Å²) in [5.41, 5.74) is 8.19. The van der Waals surface area contributed by atoms with Crippen LogP contribution in [0.3, 0.4) is 0 Å². The molecule has 0 fully saturated rings. The number of nitrogen functional groups attached to an aromatic ring is 1. The molecule has 1 unspecified atom stereocenters. The molecule has 0 heterocycles. The SMILES string of the molecule is Cc1ccc(C(=O)N(C)C(C)c2cccc(N)c2)c(F)c1. The topological polar surface area (TPSA) is 46.3 Å². The van der Waals surface area contributed by atoms with E-state index < -0.39 is 5.82 Å². The van der Waals surface area contributed by atoms with Crippen molar-refractivity contribution in [2.75, 3.05) is 12.8 Å². The van der Waals surface area contributed by atoms with Crippen LogP contribution in [0.4, 0.5) is 10.1 Å². The second-order valence-electron chi connectivity index (χ2n) is 5.25. The number of rotatable bonds is 3. The summed E-state index contributed by atoms with van der Waals surface area (Å²) in [4.78, 5) is 13.9. The molecule has 2 aromatic carbocycles. The van der Waals surface area contributed by atoms with Crippen LogP contribution in [0.5, 0.6) is 0 Å². The zero-order valence-electron chi connectivity index (χ0n) is 12.4. The van der Waals surface area contributed by atoms with Gasteiger partial charge in [-0.25, -0.2) is 4.39 Å². The summed E-state index contributed by atoms with van der Waals surface area (Å²) >= 11 is 0. The predicted molar refractivity (Wildman–Crippen MR) is 82.5 cm³/mol. The molecular formula is C17H19FN2O. The monoisotopic (exact) mass is 286 g/mol. The molecule has 0 aliphatic heterocycles. The van der Waals surface area contributed by atoms with Crippen LogP contribution in [0.25, 0.3) is 0 Å². The van der Waals surface area contributed by atoms with Gasteiger partial charge in [0.15, 0.2) is 0 Å². The van der Waals surface area contributed by atoms with Crippen LogP contribution in [0, 0.1) is 12.7 Å². The zero-order chi connectivity index (χ0) is 15.6. The van der Waals surface area contributed by atoms with Gasteiger partial charge in [-0.15, -0.1) is 0 Å². The second-order valence-corrected chi connectivity index (χ2v) is 5.25. The van der Waals surface area contributed by atoms with Crippen LogP contribution in [-0.4, -0.2) is 17.9 Å². The average molecular weight is 286 g/mol. The van der Waals surface area contributed by atoms with E-state index in [4.69, 9.17) is 5.73 Å². The van der Waals surface area contributed by atoms with Gasteiger partial charge >= 0.3 is 0 Å². The molecule has 0 saturated heterocycles. The van der Waals surface area contributed by atoms with Crippen molar-refractivity contribution in [2.24, 2.45) is 0 Å². The Bertz CT molecular complexity index is 670. The number of hydrogen-bond donors (Lipinski definition) is 1. The highest BCUT2D eigenvalue weighted by Crippen LogP contribution is 2.23. The Morgan fingerprint density at radius 1 is 1.24 bits per heavy atom. The van der Waals surface area contributed by atoms with Gasteiger partial charge in [0.25, 0.3) is 5.91 Å². The first-order valence-corrected chi connectivity index (χ1v) is 6.79. The van der Waals surface area contributed by atoms with Crippen LogP contribution in [0.15, 0.2) is 42.5 Å². The lowest BCUT2D eigenvalue weighted by molar-refractivity contribution is 0.0738. The first-order valence-electron chi connectivity index (χ1n) is 6.79. The number of amides is 1. The van der Waals surface area contributed by atoms with E-state index in [1.807, 2.05) is 25.1 Å². The molecule has 0 saturated carbocycles. The van der Waals surface area contributed by atoms with Gasteiger partial charge in [-0.2, -0.15) is 0 Å². The van der Waals surface area contributed by atoms with Crippen LogP contribution in [-0.2, 0) is 0 Å². The number of nitrogens with two attached hydrogens (primary N) is 1. The van der Waals surface area contributed by atoms with Crippen molar-refractivity contribution >= 4 is 11.6 Å². The van der Waals surface area contributed by atoms with Crippen LogP contribution < -0.4 is 5.73 Å². The van der Waals surface area contributed by atoms with Gasteiger partial charge in [-0.05, 0) is 49.2 Å². The van der Waals surface area contributed by atoms with E-state index in [-0.39, 0.29) is 17.5 Å². The van der Waals surface area contributed by atoms with Gasteiger partial charge in [0.05, 0.1) is 11.6 Å². The highest BCUT2D eigenvalue weighted by atomic mass is 19.1. The third-order valence-corrected chi connectivity index (χ3v) is 3.65. The number of hydrogen-bond acceptors (Lipinski definition) is 2. The second kappa shape index (κ2) is 5.95. The Morgan fingerprint density at radius 3 is 2.57 bits per heavy atom.